The van der Waals surface area contributed by atoms with Crippen molar-refractivity contribution in [2.45, 2.75) is 39.3 Å². The normalized spacial score (nSPS) is 22.5. The van der Waals surface area contributed by atoms with Gasteiger partial charge >= 0.3 is 0 Å². The summed E-state index contributed by atoms with van der Waals surface area (Å²) >= 11 is 0. The largest absolute Gasteiger partial charge is 0.329 e. The molecule has 0 saturated carbocycles. The van der Waals surface area contributed by atoms with Crippen LogP contribution in [0.5, 0.6) is 0 Å². The molecule has 0 amide bonds. The molecule has 2 heterocycles. The van der Waals surface area contributed by atoms with Crippen LogP contribution in [0.2, 0.25) is 0 Å². The number of hydrogen-bond acceptors (Lipinski definition) is 3. The summed E-state index contributed by atoms with van der Waals surface area (Å²) in [6.45, 7) is 7.28. The quantitative estimate of drug-likeness (QED) is 0.941. The van der Waals surface area contributed by atoms with Gasteiger partial charge in [0.2, 0.25) is 0 Å². The first-order chi connectivity index (χ1) is 10.2. The minimum absolute atomic E-state index is 0. The van der Waals surface area contributed by atoms with Crippen molar-refractivity contribution in [3.8, 4) is 0 Å². The van der Waals surface area contributed by atoms with Crippen LogP contribution in [0.3, 0.4) is 0 Å². The third kappa shape index (κ3) is 3.60. The van der Waals surface area contributed by atoms with E-state index in [0.717, 1.165) is 30.8 Å². The van der Waals surface area contributed by atoms with Gasteiger partial charge in [-0.15, -0.1) is 12.4 Å². The number of rotatable bonds is 3. The van der Waals surface area contributed by atoms with Gasteiger partial charge < -0.3 is 5.73 Å². The molecule has 2 unspecified atom stereocenters. The van der Waals surface area contributed by atoms with Crippen molar-refractivity contribution >= 4 is 23.3 Å². The van der Waals surface area contributed by atoms with Crippen LogP contribution in [0.4, 0.5) is 0 Å². The molecule has 0 aliphatic carbocycles. The van der Waals surface area contributed by atoms with Crippen LogP contribution in [0.25, 0.3) is 10.9 Å². The van der Waals surface area contributed by atoms with E-state index in [2.05, 4.69) is 47.1 Å². The zero-order chi connectivity index (χ0) is 14.8. The van der Waals surface area contributed by atoms with Crippen LogP contribution < -0.4 is 5.73 Å². The predicted molar refractivity (Wildman–Crippen MR) is 95.4 cm³/mol. The zero-order valence-electron chi connectivity index (χ0n) is 13.5. The van der Waals surface area contributed by atoms with Crippen molar-refractivity contribution in [3.05, 3.63) is 41.6 Å². The van der Waals surface area contributed by atoms with E-state index in [1.54, 1.807) is 0 Å². The first-order valence-corrected chi connectivity index (χ1v) is 7.98. The molecule has 3 rings (SSSR count). The third-order valence-electron chi connectivity index (χ3n) is 4.75. The smallest absolute Gasteiger partial charge is 0.0705 e. The summed E-state index contributed by atoms with van der Waals surface area (Å²) in [7, 11) is 0. The standard InChI is InChI=1S/C18H25N3.ClH/c1-13-4-3-9-21(18(13)11-19)12-15-6-8-17-16(10-15)7-5-14(2)20-17;/h5-8,10,13,18H,3-4,9,11-12,19H2,1-2H3;1H. The average Bonchev–Trinajstić information content (AvgIpc) is 2.48. The fourth-order valence-electron chi connectivity index (χ4n) is 3.52. The van der Waals surface area contributed by atoms with Gasteiger partial charge in [0, 0.05) is 30.2 Å². The van der Waals surface area contributed by atoms with Gasteiger partial charge in [-0.25, -0.2) is 0 Å². The topological polar surface area (TPSA) is 42.1 Å². The molecule has 1 aliphatic rings. The second kappa shape index (κ2) is 7.40. The van der Waals surface area contributed by atoms with E-state index in [4.69, 9.17) is 5.73 Å². The van der Waals surface area contributed by atoms with Crippen molar-refractivity contribution in [3.63, 3.8) is 0 Å². The molecule has 0 radical (unpaired) electrons. The minimum atomic E-state index is 0. The molecule has 120 valence electrons. The highest BCUT2D eigenvalue weighted by Crippen LogP contribution is 2.25. The van der Waals surface area contributed by atoms with E-state index in [0.29, 0.717) is 12.0 Å². The number of aryl methyl sites for hydroxylation is 1. The maximum Gasteiger partial charge on any atom is 0.0705 e. The van der Waals surface area contributed by atoms with E-state index in [-0.39, 0.29) is 12.4 Å². The van der Waals surface area contributed by atoms with Gasteiger partial charge in [0.15, 0.2) is 0 Å². The molecule has 3 nitrogen and oxygen atoms in total. The van der Waals surface area contributed by atoms with Gasteiger partial charge in [0.05, 0.1) is 5.52 Å². The second-order valence-electron chi connectivity index (χ2n) is 6.37. The molecule has 1 aromatic heterocycles. The van der Waals surface area contributed by atoms with Crippen LogP contribution >= 0.6 is 12.4 Å². The Balaban J connectivity index is 0.00000176. The lowest BCUT2D eigenvalue weighted by atomic mass is 9.90. The Bertz CT molecular complexity index is 629. The number of nitrogens with zero attached hydrogens (tertiary/aromatic N) is 2. The number of piperidine rings is 1. The van der Waals surface area contributed by atoms with Gasteiger partial charge in [0.1, 0.15) is 0 Å². The van der Waals surface area contributed by atoms with E-state index in [1.807, 2.05) is 6.92 Å². The van der Waals surface area contributed by atoms with E-state index >= 15 is 0 Å². The summed E-state index contributed by atoms with van der Waals surface area (Å²) in [6.07, 6.45) is 2.59. The molecule has 22 heavy (non-hydrogen) atoms. The SMILES string of the molecule is Cc1ccc2cc(CN3CCCC(C)C3CN)ccc2n1.Cl. The summed E-state index contributed by atoms with van der Waals surface area (Å²) in [5.41, 5.74) is 9.51. The number of likely N-dealkylation sites (tertiary alicyclic amines) is 1. The fraction of sp³-hybridized carbons (Fsp3) is 0.500. The lowest BCUT2D eigenvalue weighted by molar-refractivity contribution is 0.0991. The second-order valence-corrected chi connectivity index (χ2v) is 6.37. The Kier molecular flexibility index (Phi) is 5.79. The summed E-state index contributed by atoms with van der Waals surface area (Å²) in [4.78, 5) is 7.13. The Morgan fingerprint density at radius 3 is 2.86 bits per heavy atom. The monoisotopic (exact) mass is 319 g/mol. The van der Waals surface area contributed by atoms with Crippen molar-refractivity contribution in [2.24, 2.45) is 11.7 Å². The van der Waals surface area contributed by atoms with E-state index < -0.39 is 0 Å². The molecule has 2 atom stereocenters. The molecular weight excluding hydrogens is 294 g/mol. The minimum Gasteiger partial charge on any atom is -0.329 e. The van der Waals surface area contributed by atoms with Crippen molar-refractivity contribution in [1.82, 2.24) is 9.88 Å². The summed E-state index contributed by atoms with van der Waals surface area (Å²) < 4.78 is 0. The van der Waals surface area contributed by atoms with Gasteiger partial charge in [-0.3, -0.25) is 9.88 Å². The van der Waals surface area contributed by atoms with Gasteiger partial charge in [-0.2, -0.15) is 0 Å². The van der Waals surface area contributed by atoms with Crippen molar-refractivity contribution < 1.29 is 0 Å². The van der Waals surface area contributed by atoms with E-state index in [1.165, 1.54) is 23.8 Å². The number of fused-ring (bicyclic) bond motifs is 1. The van der Waals surface area contributed by atoms with Gasteiger partial charge in [0.25, 0.3) is 0 Å². The maximum atomic E-state index is 5.99. The molecule has 1 saturated heterocycles. The number of pyridine rings is 1. The molecule has 0 spiro atoms. The lowest BCUT2D eigenvalue weighted by Crippen LogP contribution is -2.47. The highest BCUT2D eigenvalue weighted by Gasteiger charge is 2.27. The lowest BCUT2D eigenvalue weighted by Gasteiger charge is -2.39. The predicted octanol–water partition coefficient (Wildman–Crippen LogP) is 3.52. The van der Waals surface area contributed by atoms with Gasteiger partial charge in [-0.05, 0) is 56.0 Å². The van der Waals surface area contributed by atoms with E-state index in [9.17, 15) is 0 Å². The molecule has 4 heteroatoms. The van der Waals surface area contributed by atoms with Crippen molar-refractivity contribution in [1.29, 1.82) is 0 Å². The molecule has 2 N–H and O–H groups in total. The number of halogens is 1. The van der Waals surface area contributed by atoms with Gasteiger partial charge in [-0.1, -0.05) is 19.1 Å². The Morgan fingerprint density at radius 2 is 2.09 bits per heavy atom. The van der Waals surface area contributed by atoms with Crippen LogP contribution in [-0.2, 0) is 6.54 Å². The molecule has 1 aliphatic heterocycles. The van der Waals surface area contributed by atoms with Crippen LogP contribution in [0.15, 0.2) is 30.3 Å². The molecule has 1 fully saturated rings. The Hall–Kier alpha value is -1.16. The molecule has 0 bridgehead atoms. The van der Waals surface area contributed by atoms with Crippen LogP contribution in [0.1, 0.15) is 31.0 Å². The molecular formula is C18H26ClN3. The summed E-state index contributed by atoms with van der Waals surface area (Å²) in [6, 6.07) is 11.4. The Labute approximate surface area is 139 Å². The third-order valence-corrected chi connectivity index (χ3v) is 4.75. The summed E-state index contributed by atoms with van der Waals surface area (Å²) in [5, 5.41) is 1.23. The number of nitrogens with two attached hydrogens (primary N) is 1. The molecule has 2 aromatic rings. The molecule has 1 aromatic carbocycles. The fourth-order valence-corrected chi connectivity index (χ4v) is 3.52. The first-order valence-electron chi connectivity index (χ1n) is 7.98. The summed E-state index contributed by atoms with van der Waals surface area (Å²) in [5.74, 6) is 0.702. The highest BCUT2D eigenvalue weighted by atomic mass is 35.5. The Morgan fingerprint density at radius 1 is 1.27 bits per heavy atom. The maximum absolute atomic E-state index is 5.99. The number of aromatic nitrogens is 1. The number of hydrogen-bond donors (Lipinski definition) is 1. The first kappa shape index (κ1) is 17.2. The highest BCUT2D eigenvalue weighted by molar-refractivity contribution is 5.85. The van der Waals surface area contributed by atoms with Crippen LogP contribution in [-0.4, -0.2) is 29.0 Å². The van der Waals surface area contributed by atoms with Crippen molar-refractivity contribution in [2.75, 3.05) is 13.1 Å². The average molecular weight is 320 g/mol. The number of benzene rings is 1. The van der Waals surface area contributed by atoms with Crippen LogP contribution in [0, 0.1) is 12.8 Å². The zero-order valence-corrected chi connectivity index (χ0v) is 14.3.